The molecule has 0 saturated carbocycles. The molecule has 1 atom stereocenters. The first kappa shape index (κ1) is 25.4. The van der Waals surface area contributed by atoms with Crippen molar-refractivity contribution in [3.63, 3.8) is 0 Å². The van der Waals surface area contributed by atoms with E-state index < -0.39 is 0 Å². The molecule has 1 aromatic rings. The van der Waals surface area contributed by atoms with Crippen molar-refractivity contribution in [2.45, 2.75) is 86.4 Å². The Bertz CT molecular complexity index is 687. The molecule has 32 heavy (non-hydrogen) atoms. The van der Waals surface area contributed by atoms with Gasteiger partial charge in [0.1, 0.15) is 5.82 Å². The Labute approximate surface area is 196 Å². The molecule has 0 N–H and O–H groups in total. The molecular formula is C25H48N6O. The minimum atomic E-state index is 0.185. The van der Waals surface area contributed by atoms with Gasteiger partial charge >= 0.3 is 0 Å². The summed E-state index contributed by atoms with van der Waals surface area (Å²) in [6, 6.07) is 1.28. The highest BCUT2D eigenvalue weighted by Gasteiger charge is 2.33. The van der Waals surface area contributed by atoms with Crippen molar-refractivity contribution in [3.8, 4) is 0 Å². The molecule has 184 valence electrons. The highest BCUT2D eigenvalue weighted by atomic mass is 16.5. The second-order valence-electron chi connectivity index (χ2n) is 11.7. The van der Waals surface area contributed by atoms with Gasteiger partial charge in [0.15, 0.2) is 0 Å². The lowest BCUT2D eigenvalue weighted by Crippen LogP contribution is -2.52. The molecule has 0 radical (unpaired) electrons. The van der Waals surface area contributed by atoms with Crippen LogP contribution in [0.4, 0.5) is 5.95 Å². The first-order valence-corrected chi connectivity index (χ1v) is 12.9. The van der Waals surface area contributed by atoms with E-state index in [2.05, 4.69) is 77.9 Å². The molecule has 0 spiro atoms. The van der Waals surface area contributed by atoms with E-state index in [1.807, 2.05) is 0 Å². The van der Waals surface area contributed by atoms with E-state index in [1.165, 1.54) is 32.6 Å². The quantitative estimate of drug-likeness (QED) is 0.511. The summed E-state index contributed by atoms with van der Waals surface area (Å²) in [6.07, 6.45) is 3.26. The number of nitrogens with zero attached hydrogens (tertiary/aromatic N) is 6. The van der Waals surface area contributed by atoms with Crippen LogP contribution in [0.1, 0.15) is 67.1 Å². The Balaban J connectivity index is 1.62. The predicted molar refractivity (Wildman–Crippen MR) is 132 cm³/mol. The highest BCUT2D eigenvalue weighted by molar-refractivity contribution is 5.34. The molecule has 2 aliphatic rings. The third-order valence-corrected chi connectivity index (χ3v) is 6.84. The van der Waals surface area contributed by atoms with Crippen LogP contribution in [0.15, 0.2) is 0 Å². The van der Waals surface area contributed by atoms with Gasteiger partial charge in [-0.3, -0.25) is 14.4 Å². The maximum absolute atomic E-state index is 5.96. The van der Waals surface area contributed by atoms with Crippen LogP contribution in [-0.4, -0.2) is 89.1 Å². The normalized spacial score (nSPS) is 21.4. The number of rotatable bonds is 10. The van der Waals surface area contributed by atoms with Gasteiger partial charge in [-0.1, -0.05) is 34.6 Å². The standard InChI is InChI=1S/C25H48N6O/c1-20(2)9-16-32-17-15-31-23(18-25(5,6)7)26-27-24(31)30-10-8-22(19-30)29-13-11-28(12-14-29)21(3)4/h20-22H,8-19H2,1-7H3. The molecule has 0 bridgehead atoms. The van der Waals surface area contributed by atoms with E-state index in [0.717, 1.165) is 57.5 Å². The number of aromatic nitrogens is 3. The average Bonchev–Trinajstić information content (AvgIpc) is 3.34. The summed E-state index contributed by atoms with van der Waals surface area (Å²) in [5, 5.41) is 9.32. The van der Waals surface area contributed by atoms with E-state index >= 15 is 0 Å². The zero-order valence-corrected chi connectivity index (χ0v) is 21.8. The number of anilines is 1. The molecule has 2 aliphatic heterocycles. The largest absolute Gasteiger partial charge is 0.380 e. The van der Waals surface area contributed by atoms with Crippen LogP contribution in [0.3, 0.4) is 0 Å². The Morgan fingerprint density at radius 1 is 0.969 bits per heavy atom. The minimum absolute atomic E-state index is 0.185. The third kappa shape index (κ3) is 7.16. The van der Waals surface area contributed by atoms with Crippen LogP contribution < -0.4 is 4.90 Å². The van der Waals surface area contributed by atoms with Crippen molar-refractivity contribution >= 4 is 5.95 Å². The van der Waals surface area contributed by atoms with E-state index in [4.69, 9.17) is 4.74 Å². The zero-order valence-electron chi connectivity index (χ0n) is 21.8. The Morgan fingerprint density at radius 2 is 1.69 bits per heavy atom. The smallest absolute Gasteiger partial charge is 0.227 e. The van der Waals surface area contributed by atoms with E-state index in [0.29, 0.717) is 18.0 Å². The second kappa shape index (κ2) is 11.3. The van der Waals surface area contributed by atoms with Gasteiger partial charge in [-0.25, -0.2) is 0 Å². The Morgan fingerprint density at radius 3 is 2.31 bits per heavy atom. The summed E-state index contributed by atoms with van der Waals surface area (Å²) in [5.74, 6) is 2.81. The first-order valence-electron chi connectivity index (χ1n) is 12.9. The number of hydrogen-bond acceptors (Lipinski definition) is 6. The minimum Gasteiger partial charge on any atom is -0.380 e. The molecule has 7 nitrogen and oxygen atoms in total. The topological polar surface area (TPSA) is 49.7 Å². The Kier molecular flexibility index (Phi) is 8.98. The fourth-order valence-corrected chi connectivity index (χ4v) is 4.81. The average molecular weight is 449 g/mol. The predicted octanol–water partition coefficient (Wildman–Crippen LogP) is 3.53. The van der Waals surface area contributed by atoms with Crippen LogP contribution in [0.5, 0.6) is 0 Å². The molecule has 3 rings (SSSR count). The maximum Gasteiger partial charge on any atom is 0.227 e. The van der Waals surface area contributed by atoms with Crippen molar-refractivity contribution in [1.29, 1.82) is 0 Å². The molecule has 1 unspecified atom stereocenters. The second-order valence-corrected chi connectivity index (χ2v) is 11.7. The van der Waals surface area contributed by atoms with Gasteiger partial charge in [0.2, 0.25) is 5.95 Å². The summed E-state index contributed by atoms with van der Waals surface area (Å²) >= 11 is 0. The molecule has 7 heteroatoms. The van der Waals surface area contributed by atoms with Crippen molar-refractivity contribution in [2.75, 3.05) is 57.4 Å². The molecule has 0 amide bonds. The summed E-state index contributed by atoms with van der Waals surface area (Å²) in [6.45, 7) is 25.2. The molecule has 0 aliphatic carbocycles. The molecule has 2 saturated heterocycles. The van der Waals surface area contributed by atoms with Crippen LogP contribution in [-0.2, 0) is 17.7 Å². The first-order chi connectivity index (χ1) is 15.1. The monoisotopic (exact) mass is 448 g/mol. The number of piperazine rings is 1. The zero-order chi connectivity index (χ0) is 23.3. The van der Waals surface area contributed by atoms with Gasteiger partial charge in [0, 0.05) is 64.4 Å². The van der Waals surface area contributed by atoms with Gasteiger partial charge in [-0.2, -0.15) is 0 Å². The molecular weight excluding hydrogens is 400 g/mol. The van der Waals surface area contributed by atoms with Gasteiger partial charge in [0.25, 0.3) is 0 Å². The molecule has 2 fully saturated rings. The third-order valence-electron chi connectivity index (χ3n) is 6.84. The van der Waals surface area contributed by atoms with Crippen molar-refractivity contribution < 1.29 is 4.74 Å². The van der Waals surface area contributed by atoms with E-state index in [-0.39, 0.29) is 5.41 Å². The summed E-state index contributed by atoms with van der Waals surface area (Å²) < 4.78 is 8.29. The van der Waals surface area contributed by atoms with Gasteiger partial charge in [-0.05, 0) is 38.0 Å². The molecule has 3 heterocycles. The van der Waals surface area contributed by atoms with Gasteiger partial charge in [0.05, 0.1) is 13.2 Å². The lowest BCUT2D eigenvalue weighted by Gasteiger charge is -2.39. The van der Waals surface area contributed by atoms with Crippen LogP contribution in [0.25, 0.3) is 0 Å². The lowest BCUT2D eigenvalue weighted by atomic mass is 9.92. The van der Waals surface area contributed by atoms with Crippen LogP contribution >= 0.6 is 0 Å². The van der Waals surface area contributed by atoms with Crippen molar-refractivity contribution in [1.82, 2.24) is 24.6 Å². The lowest BCUT2D eigenvalue weighted by molar-refractivity contribution is 0.0842. The molecule has 0 aromatic carbocycles. The van der Waals surface area contributed by atoms with Crippen LogP contribution in [0.2, 0.25) is 0 Å². The summed E-state index contributed by atoms with van der Waals surface area (Å²) in [5.41, 5.74) is 0.185. The van der Waals surface area contributed by atoms with E-state index in [1.54, 1.807) is 0 Å². The van der Waals surface area contributed by atoms with Crippen LogP contribution in [0, 0.1) is 11.3 Å². The van der Waals surface area contributed by atoms with Gasteiger partial charge in [-0.15, -0.1) is 10.2 Å². The Hall–Kier alpha value is -1.18. The van der Waals surface area contributed by atoms with E-state index in [9.17, 15) is 0 Å². The maximum atomic E-state index is 5.96. The SMILES string of the molecule is CC(C)CCOCCn1c(CC(C)(C)C)nnc1N1CCC(N2CCN(C(C)C)CC2)C1. The fraction of sp³-hybridized carbons (Fsp3) is 0.920. The number of ether oxygens (including phenoxy) is 1. The summed E-state index contributed by atoms with van der Waals surface area (Å²) in [7, 11) is 0. The molecule has 1 aromatic heterocycles. The van der Waals surface area contributed by atoms with Crippen molar-refractivity contribution in [3.05, 3.63) is 5.82 Å². The fourth-order valence-electron chi connectivity index (χ4n) is 4.81. The van der Waals surface area contributed by atoms with Crippen molar-refractivity contribution in [2.24, 2.45) is 11.3 Å². The van der Waals surface area contributed by atoms with Gasteiger partial charge < -0.3 is 9.64 Å². The summed E-state index contributed by atoms with van der Waals surface area (Å²) in [4.78, 5) is 7.76. The highest BCUT2D eigenvalue weighted by Crippen LogP contribution is 2.26. The number of hydrogen-bond donors (Lipinski definition) is 0.